The summed E-state index contributed by atoms with van der Waals surface area (Å²) in [5.74, 6) is 0.301. The molecule has 11 heteroatoms. The van der Waals surface area contributed by atoms with Gasteiger partial charge in [-0.15, -0.1) is 5.10 Å². The largest absolute Gasteiger partial charge is 0.402 e. The minimum Gasteiger partial charge on any atom is -0.402 e. The lowest BCUT2D eigenvalue weighted by Crippen LogP contribution is -2.08. The van der Waals surface area contributed by atoms with E-state index in [1.54, 1.807) is 46.3 Å². The van der Waals surface area contributed by atoms with Gasteiger partial charge in [-0.2, -0.15) is 10.1 Å². The molecule has 5 heterocycles. The lowest BCUT2D eigenvalue weighted by molar-refractivity contribution is 0.444. The third-order valence-electron chi connectivity index (χ3n) is 4.72. The fraction of sp³-hybridized carbons (Fsp3) is 0.150. The third kappa shape index (κ3) is 3.73. The third-order valence-corrected chi connectivity index (χ3v) is 5.01. The van der Waals surface area contributed by atoms with Crippen LogP contribution in [0.5, 0.6) is 0 Å². The van der Waals surface area contributed by atoms with E-state index in [1.807, 2.05) is 19.3 Å². The molecule has 1 N–H and O–H groups in total. The minimum absolute atomic E-state index is 0.0610. The Labute approximate surface area is 179 Å². The van der Waals surface area contributed by atoms with Crippen LogP contribution < -0.4 is 5.36 Å². The number of alkyl halides is 1. The summed E-state index contributed by atoms with van der Waals surface area (Å²) in [6, 6.07) is 3.72. The average molecular weight is 439 g/mol. The van der Waals surface area contributed by atoms with E-state index in [0.717, 1.165) is 16.5 Å². The Hall–Kier alpha value is -3.79. The van der Waals surface area contributed by atoms with Crippen molar-refractivity contribution >= 4 is 28.6 Å². The second-order valence-corrected chi connectivity index (χ2v) is 7.24. The number of halogens is 2. The number of pyridine rings is 2. The highest BCUT2D eigenvalue weighted by Gasteiger charge is 2.15. The van der Waals surface area contributed by atoms with Crippen LogP contribution in [0.2, 0.25) is 5.02 Å². The number of nitrogens with zero attached hydrogens (tertiary/aromatic N) is 7. The van der Waals surface area contributed by atoms with E-state index in [4.69, 9.17) is 16.0 Å². The Balaban J connectivity index is 1.51. The van der Waals surface area contributed by atoms with Crippen LogP contribution in [0.4, 0.5) is 10.4 Å². The smallest absolute Gasteiger partial charge is 0.343 e. The van der Waals surface area contributed by atoms with Gasteiger partial charge >= 0.3 is 6.01 Å². The number of aryl methyl sites for hydroxylation is 2. The molecule has 0 fully saturated rings. The molecule has 156 valence electrons. The first kappa shape index (κ1) is 19.2. The molecule has 0 radical (unpaired) electrons. The first-order valence-corrected chi connectivity index (χ1v) is 9.75. The molecule has 0 bridgehead atoms. The van der Waals surface area contributed by atoms with Crippen LogP contribution in [0.25, 0.3) is 33.6 Å². The first-order chi connectivity index (χ1) is 15.1. The molecule has 5 aromatic rings. The van der Waals surface area contributed by atoms with Gasteiger partial charge in [0.15, 0.2) is 0 Å². The molecular formula is C20H16ClFN8O. The molecular weight excluding hydrogens is 423 g/mol. The van der Waals surface area contributed by atoms with Gasteiger partial charge in [-0.05, 0) is 12.1 Å². The number of rotatable bonds is 5. The highest BCUT2D eigenvalue weighted by atomic mass is 35.5. The van der Waals surface area contributed by atoms with E-state index in [1.165, 1.54) is 0 Å². The summed E-state index contributed by atoms with van der Waals surface area (Å²) in [7, 11) is 1.86. The van der Waals surface area contributed by atoms with Gasteiger partial charge in [0.25, 0.3) is 5.89 Å². The first-order valence-electron chi connectivity index (χ1n) is 9.37. The van der Waals surface area contributed by atoms with Crippen LogP contribution in [0.1, 0.15) is 0 Å². The Kier molecular flexibility index (Phi) is 4.83. The van der Waals surface area contributed by atoms with Crippen molar-refractivity contribution in [2.24, 2.45) is 12.0 Å². The van der Waals surface area contributed by atoms with Crippen molar-refractivity contribution in [3.8, 4) is 22.6 Å². The second kappa shape index (κ2) is 7.80. The number of aromatic amines is 1. The van der Waals surface area contributed by atoms with Gasteiger partial charge in [-0.3, -0.25) is 4.68 Å². The maximum Gasteiger partial charge on any atom is 0.343 e. The molecule has 0 saturated heterocycles. The van der Waals surface area contributed by atoms with Crippen molar-refractivity contribution in [3.05, 3.63) is 59.7 Å². The molecule has 9 nitrogen and oxygen atoms in total. The lowest BCUT2D eigenvalue weighted by Gasteiger charge is -2.02. The van der Waals surface area contributed by atoms with E-state index < -0.39 is 6.67 Å². The van der Waals surface area contributed by atoms with Gasteiger partial charge in [-0.25, -0.2) is 9.37 Å². The summed E-state index contributed by atoms with van der Waals surface area (Å²) in [5, 5.41) is 14.0. The van der Waals surface area contributed by atoms with Crippen molar-refractivity contribution in [3.63, 3.8) is 0 Å². The summed E-state index contributed by atoms with van der Waals surface area (Å²) in [6.45, 7) is -0.257. The molecule has 0 aliphatic rings. The Bertz CT molecular complexity index is 1450. The summed E-state index contributed by atoms with van der Waals surface area (Å²) in [5.41, 5.74) is 3.28. The summed E-state index contributed by atoms with van der Waals surface area (Å²) in [4.78, 5) is 11.9. The van der Waals surface area contributed by atoms with Crippen molar-refractivity contribution in [1.29, 1.82) is 0 Å². The number of aromatic nitrogens is 7. The zero-order valence-electron chi connectivity index (χ0n) is 16.3. The maximum absolute atomic E-state index is 12.5. The van der Waals surface area contributed by atoms with Crippen LogP contribution in [-0.2, 0) is 13.6 Å². The molecule has 5 aromatic heterocycles. The van der Waals surface area contributed by atoms with Crippen LogP contribution in [0.15, 0.2) is 58.7 Å². The number of nitrogens with one attached hydrogen (secondary N) is 1. The van der Waals surface area contributed by atoms with Crippen molar-refractivity contribution in [1.82, 2.24) is 34.5 Å². The molecule has 0 aromatic carbocycles. The number of H-pyrrole nitrogens is 1. The van der Waals surface area contributed by atoms with Gasteiger partial charge in [0.2, 0.25) is 0 Å². The van der Waals surface area contributed by atoms with Crippen LogP contribution in [0, 0.1) is 0 Å². The zero-order chi connectivity index (χ0) is 21.4. The van der Waals surface area contributed by atoms with Crippen molar-refractivity contribution in [2.45, 2.75) is 6.54 Å². The van der Waals surface area contributed by atoms with E-state index in [-0.39, 0.29) is 12.6 Å². The topological polar surface area (TPSA) is 103 Å². The van der Waals surface area contributed by atoms with Crippen LogP contribution in [0.3, 0.4) is 0 Å². The van der Waals surface area contributed by atoms with E-state index in [0.29, 0.717) is 27.5 Å². The predicted octanol–water partition coefficient (Wildman–Crippen LogP) is 3.67. The van der Waals surface area contributed by atoms with Crippen LogP contribution >= 0.6 is 11.6 Å². The van der Waals surface area contributed by atoms with Gasteiger partial charge in [0.05, 0.1) is 28.7 Å². The molecule has 0 saturated carbocycles. The van der Waals surface area contributed by atoms with Gasteiger partial charge in [0, 0.05) is 54.5 Å². The highest BCUT2D eigenvalue weighted by Crippen LogP contribution is 2.31. The van der Waals surface area contributed by atoms with E-state index in [9.17, 15) is 4.39 Å². The molecule has 0 unspecified atom stereocenters. The normalized spacial score (nSPS) is 12.2. The number of hydrogen-bond donors (Lipinski definition) is 1. The zero-order valence-corrected chi connectivity index (χ0v) is 17.1. The van der Waals surface area contributed by atoms with Crippen molar-refractivity contribution < 1.29 is 8.81 Å². The predicted molar refractivity (Wildman–Crippen MR) is 112 cm³/mol. The van der Waals surface area contributed by atoms with Crippen LogP contribution in [-0.4, -0.2) is 41.2 Å². The van der Waals surface area contributed by atoms with Gasteiger partial charge in [-0.1, -0.05) is 16.7 Å². The quantitative estimate of drug-likeness (QED) is 0.451. The molecule has 0 aliphatic carbocycles. The number of hydrogen-bond acceptors (Lipinski definition) is 6. The minimum atomic E-state index is -0.480. The SMILES string of the molecule is Cn1cc(-c2cnc3[nH]cc(-c4nnc(N=c5ccn(CCF)cc5Cl)o4)c3c2)cn1. The fourth-order valence-corrected chi connectivity index (χ4v) is 3.44. The number of fused-ring (bicyclic) bond motifs is 1. The van der Waals surface area contributed by atoms with E-state index >= 15 is 0 Å². The second-order valence-electron chi connectivity index (χ2n) is 6.83. The summed E-state index contributed by atoms with van der Waals surface area (Å²) in [6.07, 6.45) is 10.5. The molecule has 0 amide bonds. The molecule has 0 aliphatic heterocycles. The van der Waals surface area contributed by atoms with Gasteiger partial charge < -0.3 is 14.0 Å². The lowest BCUT2D eigenvalue weighted by atomic mass is 10.1. The Morgan fingerprint density at radius 2 is 2.13 bits per heavy atom. The molecule has 31 heavy (non-hydrogen) atoms. The maximum atomic E-state index is 12.5. The summed E-state index contributed by atoms with van der Waals surface area (Å²) >= 11 is 6.23. The summed E-state index contributed by atoms with van der Waals surface area (Å²) < 4.78 is 21.6. The Morgan fingerprint density at radius 3 is 2.90 bits per heavy atom. The molecule has 0 spiro atoms. The van der Waals surface area contributed by atoms with Crippen molar-refractivity contribution in [2.75, 3.05) is 6.67 Å². The monoisotopic (exact) mass is 438 g/mol. The average Bonchev–Trinajstić information content (AvgIpc) is 3.49. The van der Waals surface area contributed by atoms with Gasteiger partial charge in [0.1, 0.15) is 12.3 Å². The standard InChI is InChI=1S/C20H16ClFN8O/c1-29-10-13(8-25-29)12-6-14-15(9-24-18(14)23-7-12)19-27-28-20(31-19)26-17-2-4-30(5-3-22)11-16(17)21/h2,4,6-11H,3,5H2,1H3,(H,23,24). The highest BCUT2D eigenvalue weighted by molar-refractivity contribution is 6.30. The van der Waals surface area contributed by atoms with E-state index in [2.05, 4.69) is 30.3 Å². The Morgan fingerprint density at radius 1 is 1.23 bits per heavy atom. The fourth-order valence-electron chi connectivity index (χ4n) is 3.21. The molecule has 0 atom stereocenters. The molecule has 5 rings (SSSR count).